The predicted molar refractivity (Wildman–Crippen MR) is 148 cm³/mol. The Balaban J connectivity index is 1.63. The highest BCUT2D eigenvalue weighted by molar-refractivity contribution is 6.30. The number of hydrogen-bond acceptors (Lipinski definition) is 5. The fourth-order valence-corrected chi connectivity index (χ4v) is 5.11. The number of aldehydes is 1. The zero-order valence-electron chi connectivity index (χ0n) is 22.6. The summed E-state index contributed by atoms with van der Waals surface area (Å²) in [5.74, 6) is -0.425. The summed E-state index contributed by atoms with van der Waals surface area (Å²) in [5, 5.41) is 6.64. The molecule has 9 heteroatoms. The van der Waals surface area contributed by atoms with E-state index in [1.807, 2.05) is 58.0 Å². The molecule has 8 nitrogen and oxygen atoms in total. The first-order chi connectivity index (χ1) is 18.0. The van der Waals surface area contributed by atoms with E-state index in [0.717, 1.165) is 23.8 Å². The van der Waals surface area contributed by atoms with E-state index < -0.39 is 12.1 Å². The van der Waals surface area contributed by atoms with Crippen LogP contribution in [0.3, 0.4) is 0 Å². The van der Waals surface area contributed by atoms with Crippen LogP contribution in [0.5, 0.6) is 0 Å². The summed E-state index contributed by atoms with van der Waals surface area (Å²) in [5.41, 5.74) is 1.95. The highest BCUT2D eigenvalue weighted by Crippen LogP contribution is 2.26. The van der Waals surface area contributed by atoms with E-state index in [4.69, 9.17) is 11.6 Å². The summed E-state index contributed by atoms with van der Waals surface area (Å²) in [6.45, 7) is 8.48. The first-order valence-corrected chi connectivity index (χ1v) is 13.2. The molecule has 2 aromatic carbocycles. The Labute approximate surface area is 229 Å². The lowest BCUT2D eigenvalue weighted by atomic mass is 9.86. The molecular weight excluding hydrogens is 504 g/mol. The minimum Gasteiger partial charge on any atom is -0.347 e. The minimum atomic E-state index is -0.579. The molecule has 2 N–H and O–H groups in total. The van der Waals surface area contributed by atoms with E-state index in [1.165, 1.54) is 0 Å². The number of hydrogen-bond donors (Lipinski definition) is 2. The van der Waals surface area contributed by atoms with Crippen molar-refractivity contribution >= 4 is 36.1 Å². The third-order valence-electron chi connectivity index (χ3n) is 7.07. The molecule has 0 saturated carbocycles. The molecule has 38 heavy (non-hydrogen) atoms. The summed E-state index contributed by atoms with van der Waals surface area (Å²) in [6.07, 6.45) is 1.95. The topological polar surface area (TPSA) is 98.8 Å². The lowest BCUT2D eigenvalue weighted by Crippen LogP contribution is -2.53. The number of rotatable bonds is 10. The lowest BCUT2D eigenvalue weighted by Gasteiger charge is -2.34. The number of amides is 3. The Morgan fingerprint density at radius 1 is 1.16 bits per heavy atom. The molecule has 1 saturated heterocycles. The summed E-state index contributed by atoms with van der Waals surface area (Å²) < 4.78 is 0. The number of nitrogens with zero attached hydrogens (tertiary/aromatic N) is 2. The van der Waals surface area contributed by atoms with E-state index in [-0.39, 0.29) is 35.9 Å². The SMILES string of the molecule is CNC(C(=O)N1CC(NC(=O)c2ccc(CN(C=O)C(C)c3cccc(Cl)c3)cc2)CC1C=O)C(C)(C)C. The van der Waals surface area contributed by atoms with Crippen LogP contribution in [0.1, 0.15) is 61.6 Å². The van der Waals surface area contributed by atoms with Crippen molar-refractivity contribution in [2.24, 2.45) is 5.41 Å². The van der Waals surface area contributed by atoms with Gasteiger partial charge in [-0.3, -0.25) is 14.4 Å². The van der Waals surface area contributed by atoms with Gasteiger partial charge in [0, 0.05) is 29.7 Å². The number of carbonyl (C=O) groups excluding carboxylic acids is 4. The van der Waals surface area contributed by atoms with Gasteiger partial charge in [0.2, 0.25) is 12.3 Å². The maximum Gasteiger partial charge on any atom is 0.251 e. The van der Waals surface area contributed by atoms with Gasteiger partial charge >= 0.3 is 0 Å². The highest BCUT2D eigenvalue weighted by Gasteiger charge is 2.41. The number of carbonyl (C=O) groups is 4. The average Bonchev–Trinajstić information content (AvgIpc) is 3.29. The molecule has 1 heterocycles. The number of benzene rings is 2. The third-order valence-corrected chi connectivity index (χ3v) is 7.30. The normalized spacial score (nSPS) is 18.9. The average molecular weight is 541 g/mol. The fraction of sp³-hybridized carbons (Fsp3) is 0.448. The Morgan fingerprint density at radius 2 is 1.84 bits per heavy atom. The molecule has 1 aliphatic rings. The molecule has 1 aliphatic heterocycles. The van der Waals surface area contributed by atoms with Crippen LogP contribution in [0.2, 0.25) is 5.02 Å². The Kier molecular flexibility index (Phi) is 9.68. The van der Waals surface area contributed by atoms with Gasteiger partial charge in [0.05, 0.1) is 18.1 Å². The monoisotopic (exact) mass is 540 g/mol. The van der Waals surface area contributed by atoms with Crippen LogP contribution >= 0.6 is 11.6 Å². The minimum absolute atomic E-state index is 0.148. The fourth-order valence-electron chi connectivity index (χ4n) is 4.91. The summed E-state index contributed by atoms with van der Waals surface area (Å²) >= 11 is 6.10. The molecule has 4 unspecified atom stereocenters. The molecule has 0 aromatic heterocycles. The van der Waals surface area contributed by atoms with Crippen molar-refractivity contribution < 1.29 is 19.2 Å². The summed E-state index contributed by atoms with van der Waals surface area (Å²) in [4.78, 5) is 52.8. The van der Waals surface area contributed by atoms with Crippen molar-refractivity contribution in [1.82, 2.24) is 20.4 Å². The number of halogens is 1. The largest absolute Gasteiger partial charge is 0.347 e. The van der Waals surface area contributed by atoms with Gasteiger partial charge < -0.3 is 25.2 Å². The number of likely N-dealkylation sites (N-methyl/N-ethyl adjacent to an activating group) is 1. The molecule has 3 rings (SSSR count). The van der Waals surface area contributed by atoms with Crippen LogP contribution in [0.4, 0.5) is 0 Å². The quantitative estimate of drug-likeness (QED) is 0.449. The van der Waals surface area contributed by atoms with Crippen molar-refractivity contribution in [2.75, 3.05) is 13.6 Å². The second-order valence-corrected chi connectivity index (χ2v) is 11.3. The predicted octanol–water partition coefficient (Wildman–Crippen LogP) is 3.59. The van der Waals surface area contributed by atoms with Crippen molar-refractivity contribution in [3.05, 3.63) is 70.2 Å². The molecule has 0 spiro atoms. The van der Waals surface area contributed by atoms with Gasteiger partial charge in [-0.25, -0.2) is 0 Å². The van der Waals surface area contributed by atoms with Gasteiger partial charge in [-0.2, -0.15) is 0 Å². The third kappa shape index (κ3) is 6.99. The van der Waals surface area contributed by atoms with E-state index in [1.54, 1.807) is 35.0 Å². The first kappa shape index (κ1) is 29.3. The van der Waals surface area contributed by atoms with Crippen LogP contribution in [0.15, 0.2) is 48.5 Å². The highest BCUT2D eigenvalue weighted by atomic mass is 35.5. The molecule has 1 fully saturated rings. The maximum absolute atomic E-state index is 13.2. The Bertz CT molecular complexity index is 1150. The molecule has 204 valence electrons. The molecule has 4 atom stereocenters. The maximum atomic E-state index is 13.2. The van der Waals surface area contributed by atoms with Crippen LogP contribution in [0.25, 0.3) is 0 Å². The van der Waals surface area contributed by atoms with Crippen LogP contribution in [-0.4, -0.2) is 66.0 Å². The molecule has 0 bridgehead atoms. The van der Waals surface area contributed by atoms with Crippen LogP contribution in [0, 0.1) is 5.41 Å². The lowest BCUT2D eigenvalue weighted by molar-refractivity contribution is -0.138. The standard InChI is InChI=1S/C29H37ClN4O4/c1-19(22-7-6-8-23(30)13-22)33(18-36)15-20-9-11-21(12-10-20)27(37)32-24-14-25(17-35)34(16-24)28(38)26(31-5)29(2,3)4/h6-13,17-19,24-26,31H,14-16H2,1-5H3,(H,32,37). The van der Waals surface area contributed by atoms with E-state index in [0.29, 0.717) is 23.6 Å². The van der Waals surface area contributed by atoms with E-state index in [2.05, 4.69) is 10.6 Å². The zero-order valence-corrected chi connectivity index (χ0v) is 23.4. The van der Waals surface area contributed by atoms with Crippen molar-refractivity contribution in [1.29, 1.82) is 0 Å². The van der Waals surface area contributed by atoms with Gasteiger partial charge in [0.25, 0.3) is 5.91 Å². The van der Waals surface area contributed by atoms with Gasteiger partial charge in [-0.1, -0.05) is 56.6 Å². The first-order valence-electron chi connectivity index (χ1n) is 12.8. The van der Waals surface area contributed by atoms with E-state index in [9.17, 15) is 19.2 Å². The van der Waals surface area contributed by atoms with Crippen molar-refractivity contribution in [3.63, 3.8) is 0 Å². The number of likely N-dealkylation sites (tertiary alicyclic amines) is 1. The summed E-state index contributed by atoms with van der Waals surface area (Å²) in [6, 6.07) is 12.9. The van der Waals surface area contributed by atoms with Crippen molar-refractivity contribution in [2.45, 2.75) is 64.8 Å². The van der Waals surface area contributed by atoms with Crippen LogP contribution in [-0.2, 0) is 20.9 Å². The van der Waals surface area contributed by atoms with E-state index >= 15 is 0 Å². The number of nitrogens with one attached hydrogen (secondary N) is 2. The molecule has 0 aliphatic carbocycles. The molecule has 0 radical (unpaired) electrons. The van der Waals surface area contributed by atoms with Crippen LogP contribution < -0.4 is 10.6 Å². The Hall–Kier alpha value is -3.23. The second-order valence-electron chi connectivity index (χ2n) is 10.9. The molecule has 3 amide bonds. The van der Waals surface area contributed by atoms with Gasteiger partial charge in [-0.15, -0.1) is 0 Å². The zero-order chi connectivity index (χ0) is 28.0. The van der Waals surface area contributed by atoms with Crippen molar-refractivity contribution in [3.8, 4) is 0 Å². The van der Waals surface area contributed by atoms with Gasteiger partial charge in [0.1, 0.15) is 6.29 Å². The smallest absolute Gasteiger partial charge is 0.251 e. The molecule has 2 aromatic rings. The van der Waals surface area contributed by atoms with Gasteiger partial charge in [0.15, 0.2) is 0 Å². The van der Waals surface area contributed by atoms with Gasteiger partial charge in [-0.05, 0) is 61.2 Å². The second kappa shape index (κ2) is 12.5. The molecular formula is C29H37ClN4O4. The Morgan fingerprint density at radius 3 is 2.39 bits per heavy atom. The summed E-state index contributed by atoms with van der Waals surface area (Å²) in [7, 11) is 1.73.